The molecule has 3 heterocycles. The molecule has 21 heavy (non-hydrogen) atoms. The number of anilines is 2. The highest BCUT2D eigenvalue weighted by Crippen LogP contribution is 2.28. The highest BCUT2D eigenvalue weighted by Gasteiger charge is 2.26. The van der Waals surface area contributed by atoms with E-state index in [1.54, 1.807) is 0 Å². The standard InChI is InChI=1S/C14H21N5O2/c15-13(20)9-1-4-19(5-2-9)12-7-11(17-14(16)18-12)10-3-6-21-8-10/h7,9-10H,1-6,8H2,(H2,15,20)(H2,16,17,18)/t10-/m0/s1. The van der Waals surface area contributed by atoms with Crippen molar-refractivity contribution >= 4 is 17.7 Å². The van der Waals surface area contributed by atoms with Crippen LogP contribution in [0.15, 0.2) is 6.07 Å². The Balaban J connectivity index is 1.74. The molecule has 0 unspecified atom stereocenters. The molecule has 0 bridgehead atoms. The Morgan fingerprint density at radius 2 is 2.05 bits per heavy atom. The maximum Gasteiger partial charge on any atom is 0.222 e. The van der Waals surface area contributed by atoms with E-state index in [1.807, 2.05) is 6.07 Å². The predicted molar refractivity (Wildman–Crippen MR) is 78.8 cm³/mol. The Hall–Kier alpha value is -1.89. The van der Waals surface area contributed by atoms with E-state index in [1.165, 1.54) is 0 Å². The van der Waals surface area contributed by atoms with Gasteiger partial charge in [0.05, 0.1) is 12.3 Å². The van der Waals surface area contributed by atoms with Crippen LogP contribution in [0.3, 0.4) is 0 Å². The number of nitrogens with zero attached hydrogens (tertiary/aromatic N) is 3. The van der Waals surface area contributed by atoms with Gasteiger partial charge >= 0.3 is 0 Å². The van der Waals surface area contributed by atoms with Gasteiger partial charge in [0.1, 0.15) is 5.82 Å². The monoisotopic (exact) mass is 291 g/mol. The zero-order chi connectivity index (χ0) is 14.8. The lowest BCUT2D eigenvalue weighted by Crippen LogP contribution is -2.39. The number of carbonyl (C=O) groups is 1. The summed E-state index contributed by atoms with van der Waals surface area (Å²) in [5.74, 6) is 1.21. The summed E-state index contributed by atoms with van der Waals surface area (Å²) >= 11 is 0. The van der Waals surface area contributed by atoms with Gasteiger partial charge in [-0.1, -0.05) is 0 Å². The molecule has 2 aliphatic heterocycles. The van der Waals surface area contributed by atoms with E-state index in [0.29, 0.717) is 18.5 Å². The van der Waals surface area contributed by atoms with E-state index in [2.05, 4.69) is 14.9 Å². The number of hydrogen-bond donors (Lipinski definition) is 2. The number of aromatic nitrogens is 2. The van der Waals surface area contributed by atoms with Crippen LogP contribution >= 0.6 is 0 Å². The fourth-order valence-corrected chi connectivity index (χ4v) is 3.00. The third-order valence-electron chi connectivity index (χ3n) is 4.32. The molecule has 1 aromatic rings. The molecule has 4 N–H and O–H groups in total. The lowest BCUT2D eigenvalue weighted by atomic mass is 9.96. The summed E-state index contributed by atoms with van der Waals surface area (Å²) in [6.07, 6.45) is 2.50. The Morgan fingerprint density at radius 3 is 2.67 bits per heavy atom. The molecule has 1 aromatic heterocycles. The number of amides is 1. The van der Waals surface area contributed by atoms with Crippen LogP contribution in [-0.2, 0) is 9.53 Å². The molecule has 1 atom stereocenters. The molecule has 0 radical (unpaired) electrons. The second-order valence-corrected chi connectivity index (χ2v) is 5.73. The van der Waals surface area contributed by atoms with E-state index in [0.717, 1.165) is 50.5 Å². The zero-order valence-corrected chi connectivity index (χ0v) is 12.0. The van der Waals surface area contributed by atoms with Gasteiger partial charge < -0.3 is 21.1 Å². The van der Waals surface area contributed by atoms with Crippen LogP contribution in [0.1, 0.15) is 30.9 Å². The van der Waals surface area contributed by atoms with Gasteiger partial charge in [-0.15, -0.1) is 0 Å². The van der Waals surface area contributed by atoms with Crippen LogP contribution in [0, 0.1) is 5.92 Å². The predicted octanol–water partition coefficient (Wildman–Crippen LogP) is 0.264. The topological polar surface area (TPSA) is 107 Å². The van der Waals surface area contributed by atoms with Crippen molar-refractivity contribution in [3.8, 4) is 0 Å². The first kappa shape index (κ1) is 14.1. The molecule has 0 aromatic carbocycles. The Bertz CT molecular complexity index is 522. The molecule has 2 saturated heterocycles. The van der Waals surface area contributed by atoms with Gasteiger partial charge in [0.2, 0.25) is 11.9 Å². The molecule has 114 valence electrons. The normalized spacial score (nSPS) is 23.4. The van der Waals surface area contributed by atoms with Crippen LogP contribution in [0.5, 0.6) is 0 Å². The summed E-state index contributed by atoms with van der Waals surface area (Å²) in [7, 11) is 0. The van der Waals surface area contributed by atoms with Crippen molar-refractivity contribution < 1.29 is 9.53 Å². The minimum absolute atomic E-state index is 0.0249. The smallest absolute Gasteiger partial charge is 0.222 e. The zero-order valence-electron chi connectivity index (χ0n) is 12.0. The molecule has 2 fully saturated rings. The van der Waals surface area contributed by atoms with E-state index in [9.17, 15) is 4.79 Å². The summed E-state index contributed by atoms with van der Waals surface area (Å²) in [6.45, 7) is 3.00. The third-order valence-corrected chi connectivity index (χ3v) is 4.32. The minimum atomic E-state index is -0.208. The van der Waals surface area contributed by atoms with Gasteiger partial charge in [-0.2, -0.15) is 4.98 Å². The number of hydrogen-bond acceptors (Lipinski definition) is 6. The summed E-state index contributed by atoms with van der Waals surface area (Å²) in [5, 5.41) is 0. The van der Waals surface area contributed by atoms with Gasteiger partial charge in [0.25, 0.3) is 0 Å². The quantitative estimate of drug-likeness (QED) is 0.827. The van der Waals surface area contributed by atoms with E-state index in [-0.39, 0.29) is 11.8 Å². The van der Waals surface area contributed by atoms with Crippen molar-refractivity contribution in [3.63, 3.8) is 0 Å². The number of rotatable bonds is 3. The molecule has 7 nitrogen and oxygen atoms in total. The molecular formula is C14H21N5O2. The van der Waals surface area contributed by atoms with Crippen LogP contribution in [0.2, 0.25) is 0 Å². The molecule has 0 aliphatic carbocycles. The highest BCUT2D eigenvalue weighted by molar-refractivity contribution is 5.77. The van der Waals surface area contributed by atoms with E-state index >= 15 is 0 Å². The van der Waals surface area contributed by atoms with Crippen molar-refractivity contribution in [1.82, 2.24) is 9.97 Å². The number of piperidine rings is 1. The average Bonchev–Trinajstić information content (AvgIpc) is 3.01. The maximum absolute atomic E-state index is 11.2. The van der Waals surface area contributed by atoms with Crippen LogP contribution in [-0.4, -0.2) is 42.2 Å². The van der Waals surface area contributed by atoms with Crippen molar-refractivity contribution in [2.24, 2.45) is 11.7 Å². The Labute approximate surface area is 123 Å². The van der Waals surface area contributed by atoms with Crippen LogP contribution in [0.4, 0.5) is 11.8 Å². The summed E-state index contributed by atoms with van der Waals surface area (Å²) in [5.41, 5.74) is 12.2. The minimum Gasteiger partial charge on any atom is -0.381 e. The maximum atomic E-state index is 11.2. The first-order chi connectivity index (χ1) is 10.1. The van der Waals surface area contributed by atoms with Gasteiger partial charge in [-0.3, -0.25) is 4.79 Å². The van der Waals surface area contributed by atoms with Crippen molar-refractivity contribution in [3.05, 3.63) is 11.8 Å². The molecule has 2 aliphatic rings. The van der Waals surface area contributed by atoms with Crippen molar-refractivity contribution in [1.29, 1.82) is 0 Å². The van der Waals surface area contributed by atoms with Crippen LogP contribution < -0.4 is 16.4 Å². The first-order valence-electron chi connectivity index (χ1n) is 7.40. The number of nitrogens with two attached hydrogens (primary N) is 2. The van der Waals surface area contributed by atoms with Gasteiger partial charge in [-0.05, 0) is 19.3 Å². The van der Waals surface area contributed by atoms with Gasteiger partial charge in [-0.25, -0.2) is 4.98 Å². The van der Waals surface area contributed by atoms with E-state index < -0.39 is 0 Å². The number of ether oxygens (including phenoxy) is 1. The molecule has 3 rings (SSSR count). The number of primary amides is 1. The second-order valence-electron chi connectivity index (χ2n) is 5.73. The van der Waals surface area contributed by atoms with Crippen molar-refractivity contribution in [2.45, 2.75) is 25.2 Å². The fraction of sp³-hybridized carbons (Fsp3) is 0.643. The second kappa shape index (κ2) is 5.85. The SMILES string of the molecule is NC(=O)C1CCN(c2cc([C@H]3CCOC3)nc(N)n2)CC1. The third kappa shape index (κ3) is 3.07. The largest absolute Gasteiger partial charge is 0.381 e. The van der Waals surface area contributed by atoms with Crippen molar-refractivity contribution in [2.75, 3.05) is 36.9 Å². The number of nitrogen functional groups attached to an aromatic ring is 1. The molecule has 7 heteroatoms. The lowest BCUT2D eigenvalue weighted by molar-refractivity contribution is -0.122. The fourth-order valence-electron chi connectivity index (χ4n) is 3.00. The molecule has 0 spiro atoms. The lowest BCUT2D eigenvalue weighted by Gasteiger charge is -2.31. The Morgan fingerprint density at radius 1 is 1.29 bits per heavy atom. The van der Waals surface area contributed by atoms with Crippen LogP contribution in [0.25, 0.3) is 0 Å². The molecule has 1 amide bonds. The number of carbonyl (C=O) groups excluding carboxylic acids is 1. The highest BCUT2D eigenvalue weighted by atomic mass is 16.5. The average molecular weight is 291 g/mol. The van der Waals surface area contributed by atoms with Gasteiger partial charge in [0, 0.05) is 37.6 Å². The van der Waals surface area contributed by atoms with E-state index in [4.69, 9.17) is 16.2 Å². The van der Waals surface area contributed by atoms with Gasteiger partial charge in [0.15, 0.2) is 0 Å². The molecule has 0 saturated carbocycles. The summed E-state index contributed by atoms with van der Waals surface area (Å²) < 4.78 is 5.41. The first-order valence-corrected chi connectivity index (χ1v) is 7.40. The summed E-state index contributed by atoms with van der Waals surface area (Å²) in [6, 6.07) is 2.00. The summed E-state index contributed by atoms with van der Waals surface area (Å²) in [4.78, 5) is 22.0. The molecular weight excluding hydrogens is 270 g/mol. The Kier molecular flexibility index (Phi) is 3.92.